The third kappa shape index (κ3) is 4.77. The summed E-state index contributed by atoms with van der Waals surface area (Å²) in [7, 11) is 0. The van der Waals surface area contributed by atoms with Gasteiger partial charge in [-0.05, 0) is 31.7 Å². The molecule has 1 unspecified atom stereocenters. The van der Waals surface area contributed by atoms with Crippen LogP contribution in [0.2, 0.25) is 0 Å². The molecule has 1 amide bonds. The summed E-state index contributed by atoms with van der Waals surface area (Å²) in [5.74, 6) is -0.943. The molecular formula is C16H25N3O2. The fraction of sp³-hybridized carbons (Fsp3) is 0.500. The van der Waals surface area contributed by atoms with Crippen molar-refractivity contribution in [3.05, 3.63) is 35.9 Å². The van der Waals surface area contributed by atoms with Gasteiger partial charge in [0.15, 0.2) is 5.84 Å². The number of benzene rings is 1. The zero-order valence-corrected chi connectivity index (χ0v) is 13.0. The van der Waals surface area contributed by atoms with Crippen LogP contribution in [-0.4, -0.2) is 22.5 Å². The van der Waals surface area contributed by atoms with Crippen molar-refractivity contribution < 1.29 is 10.0 Å². The van der Waals surface area contributed by atoms with Gasteiger partial charge >= 0.3 is 0 Å². The second-order valence-electron chi connectivity index (χ2n) is 5.52. The zero-order valence-electron chi connectivity index (χ0n) is 13.0. The van der Waals surface area contributed by atoms with Crippen molar-refractivity contribution in [3.63, 3.8) is 0 Å². The van der Waals surface area contributed by atoms with Crippen LogP contribution in [0.5, 0.6) is 0 Å². The van der Waals surface area contributed by atoms with Crippen molar-refractivity contribution in [2.24, 2.45) is 16.8 Å². The van der Waals surface area contributed by atoms with Crippen LogP contribution in [0.3, 0.4) is 0 Å². The van der Waals surface area contributed by atoms with E-state index in [0.717, 1.165) is 18.4 Å². The Morgan fingerprint density at radius 1 is 1.33 bits per heavy atom. The lowest BCUT2D eigenvalue weighted by Gasteiger charge is -2.30. The molecule has 0 aliphatic rings. The smallest absolute Gasteiger partial charge is 0.231 e. The molecule has 0 saturated carbocycles. The van der Waals surface area contributed by atoms with Gasteiger partial charge in [0.05, 0.1) is 0 Å². The number of hydrogen-bond acceptors (Lipinski definition) is 3. The first-order valence-corrected chi connectivity index (χ1v) is 7.29. The van der Waals surface area contributed by atoms with Crippen molar-refractivity contribution in [2.75, 3.05) is 0 Å². The Hall–Kier alpha value is -2.04. The van der Waals surface area contributed by atoms with Crippen LogP contribution in [0.25, 0.3) is 0 Å². The van der Waals surface area contributed by atoms with E-state index in [1.807, 2.05) is 51.1 Å². The minimum atomic E-state index is -0.671. The third-order valence-corrected chi connectivity index (χ3v) is 4.06. The molecule has 116 valence electrons. The Kier molecular flexibility index (Phi) is 6.21. The fourth-order valence-electron chi connectivity index (χ4n) is 2.06. The second-order valence-corrected chi connectivity index (χ2v) is 5.52. The number of rotatable bonds is 7. The maximum atomic E-state index is 12.5. The molecule has 0 aliphatic carbocycles. The van der Waals surface area contributed by atoms with Crippen molar-refractivity contribution in [3.8, 4) is 0 Å². The van der Waals surface area contributed by atoms with Crippen molar-refractivity contribution >= 4 is 11.7 Å². The topological polar surface area (TPSA) is 87.7 Å². The highest BCUT2D eigenvalue weighted by Gasteiger charge is 2.29. The minimum Gasteiger partial charge on any atom is -0.409 e. The standard InChI is InChI=1S/C16H25N3O2/c1-4-16(3,5-2)18-15(20)13(14(17)19-21)11-12-9-7-6-8-10-12/h6-10,13,21H,4-5,11H2,1-3H3,(H2,17,19)(H,18,20). The van der Waals surface area contributed by atoms with Gasteiger partial charge in [-0.2, -0.15) is 0 Å². The van der Waals surface area contributed by atoms with E-state index in [1.165, 1.54) is 0 Å². The van der Waals surface area contributed by atoms with E-state index in [-0.39, 0.29) is 17.3 Å². The molecule has 1 atom stereocenters. The average Bonchev–Trinajstić information content (AvgIpc) is 2.52. The molecule has 1 aromatic rings. The summed E-state index contributed by atoms with van der Waals surface area (Å²) in [6, 6.07) is 9.55. The van der Waals surface area contributed by atoms with Crippen LogP contribution in [0.4, 0.5) is 0 Å². The first-order chi connectivity index (χ1) is 9.95. The molecule has 5 nitrogen and oxygen atoms in total. The molecule has 0 heterocycles. The van der Waals surface area contributed by atoms with E-state index >= 15 is 0 Å². The number of oxime groups is 1. The Morgan fingerprint density at radius 2 is 1.90 bits per heavy atom. The molecule has 0 aliphatic heterocycles. The molecule has 0 aromatic heterocycles. The van der Waals surface area contributed by atoms with E-state index in [2.05, 4.69) is 10.5 Å². The fourth-order valence-corrected chi connectivity index (χ4v) is 2.06. The molecular weight excluding hydrogens is 266 g/mol. The Balaban J connectivity index is 2.90. The van der Waals surface area contributed by atoms with Gasteiger partial charge in [-0.3, -0.25) is 4.79 Å². The normalized spacial score (nSPS) is 13.8. The first kappa shape index (κ1) is 17.0. The second kappa shape index (κ2) is 7.67. The van der Waals surface area contributed by atoms with Crippen LogP contribution in [-0.2, 0) is 11.2 Å². The molecule has 5 heteroatoms. The van der Waals surface area contributed by atoms with Crippen LogP contribution in [0.1, 0.15) is 39.2 Å². The van der Waals surface area contributed by atoms with Gasteiger partial charge in [0.1, 0.15) is 5.92 Å². The summed E-state index contributed by atoms with van der Waals surface area (Å²) in [4.78, 5) is 12.5. The molecule has 0 radical (unpaired) electrons. The lowest BCUT2D eigenvalue weighted by atomic mass is 9.92. The lowest BCUT2D eigenvalue weighted by Crippen LogP contribution is -2.50. The highest BCUT2D eigenvalue weighted by Crippen LogP contribution is 2.16. The summed E-state index contributed by atoms with van der Waals surface area (Å²) in [6.07, 6.45) is 2.05. The average molecular weight is 291 g/mol. The molecule has 4 N–H and O–H groups in total. The predicted octanol–water partition coefficient (Wildman–Crippen LogP) is 2.29. The van der Waals surface area contributed by atoms with E-state index in [9.17, 15) is 4.79 Å². The monoisotopic (exact) mass is 291 g/mol. The molecule has 0 fully saturated rings. The van der Waals surface area contributed by atoms with Crippen molar-refractivity contribution in [1.82, 2.24) is 5.32 Å². The van der Waals surface area contributed by atoms with Gasteiger partial charge in [-0.1, -0.05) is 49.3 Å². The zero-order chi connectivity index (χ0) is 15.9. The van der Waals surface area contributed by atoms with Crippen LogP contribution < -0.4 is 11.1 Å². The number of nitrogens with two attached hydrogens (primary N) is 1. The third-order valence-electron chi connectivity index (χ3n) is 4.06. The van der Waals surface area contributed by atoms with Gasteiger partial charge in [0.2, 0.25) is 5.91 Å². The summed E-state index contributed by atoms with van der Waals surface area (Å²) >= 11 is 0. The number of hydrogen-bond donors (Lipinski definition) is 3. The number of carbonyl (C=O) groups excluding carboxylic acids is 1. The van der Waals surface area contributed by atoms with Crippen molar-refractivity contribution in [2.45, 2.75) is 45.6 Å². The molecule has 21 heavy (non-hydrogen) atoms. The van der Waals surface area contributed by atoms with Gasteiger partial charge in [0, 0.05) is 5.54 Å². The molecule has 0 spiro atoms. The van der Waals surface area contributed by atoms with Crippen LogP contribution in [0, 0.1) is 5.92 Å². The largest absolute Gasteiger partial charge is 0.409 e. The van der Waals surface area contributed by atoms with Gasteiger partial charge < -0.3 is 16.3 Å². The van der Waals surface area contributed by atoms with E-state index < -0.39 is 5.92 Å². The minimum absolute atomic E-state index is 0.0640. The number of carbonyl (C=O) groups is 1. The lowest BCUT2D eigenvalue weighted by molar-refractivity contribution is -0.125. The summed E-state index contributed by atoms with van der Waals surface area (Å²) in [5, 5.41) is 15.0. The summed E-state index contributed by atoms with van der Waals surface area (Å²) < 4.78 is 0. The maximum absolute atomic E-state index is 12.5. The Labute approximate surface area is 126 Å². The Bertz CT molecular complexity index is 482. The maximum Gasteiger partial charge on any atom is 0.231 e. The van der Waals surface area contributed by atoms with Crippen molar-refractivity contribution in [1.29, 1.82) is 0 Å². The van der Waals surface area contributed by atoms with Crippen LogP contribution >= 0.6 is 0 Å². The van der Waals surface area contributed by atoms with Crippen LogP contribution in [0.15, 0.2) is 35.5 Å². The van der Waals surface area contributed by atoms with E-state index in [1.54, 1.807) is 0 Å². The van der Waals surface area contributed by atoms with E-state index in [0.29, 0.717) is 6.42 Å². The highest BCUT2D eigenvalue weighted by atomic mass is 16.4. The number of amidine groups is 1. The van der Waals surface area contributed by atoms with Gasteiger partial charge in [0.25, 0.3) is 0 Å². The SMILES string of the molecule is CCC(C)(CC)NC(=O)C(Cc1ccccc1)/C(N)=N/O. The van der Waals surface area contributed by atoms with Gasteiger partial charge in [-0.25, -0.2) is 0 Å². The highest BCUT2D eigenvalue weighted by molar-refractivity contribution is 6.02. The first-order valence-electron chi connectivity index (χ1n) is 7.29. The Morgan fingerprint density at radius 3 is 2.38 bits per heavy atom. The molecule has 0 saturated heterocycles. The number of nitrogens with one attached hydrogen (secondary N) is 1. The molecule has 1 aromatic carbocycles. The molecule has 1 rings (SSSR count). The number of amides is 1. The number of nitrogens with zero attached hydrogens (tertiary/aromatic N) is 1. The van der Waals surface area contributed by atoms with Gasteiger partial charge in [-0.15, -0.1) is 0 Å². The molecule has 0 bridgehead atoms. The summed E-state index contributed by atoms with van der Waals surface area (Å²) in [6.45, 7) is 6.05. The predicted molar refractivity (Wildman–Crippen MR) is 84.2 cm³/mol. The quantitative estimate of drug-likeness (QED) is 0.312. The summed E-state index contributed by atoms with van der Waals surface area (Å²) in [5.41, 5.74) is 6.40. The van der Waals surface area contributed by atoms with E-state index in [4.69, 9.17) is 10.9 Å².